The van der Waals surface area contributed by atoms with Gasteiger partial charge in [-0.3, -0.25) is 4.79 Å². The average Bonchev–Trinajstić information content (AvgIpc) is 3.06. The number of ether oxygens (including phenoxy) is 1. The Labute approximate surface area is 168 Å². The molecule has 1 aliphatic carbocycles. The predicted octanol–water partition coefficient (Wildman–Crippen LogP) is 4.42. The number of carbonyl (C=O) groups excluding carboxylic acids is 2. The Balaban J connectivity index is 1.75. The van der Waals surface area contributed by atoms with Crippen LogP contribution in [0.2, 0.25) is 5.02 Å². The van der Waals surface area contributed by atoms with Crippen molar-refractivity contribution in [3.05, 3.63) is 94.5 Å². The van der Waals surface area contributed by atoms with E-state index in [-0.39, 0.29) is 11.8 Å². The number of methoxy groups -OCH3 is 1. The summed E-state index contributed by atoms with van der Waals surface area (Å²) in [5.74, 6) is -1.16. The normalized spacial score (nSPS) is 13.4. The summed E-state index contributed by atoms with van der Waals surface area (Å²) >= 11 is 5.91. The zero-order valence-electron chi connectivity index (χ0n) is 15.2. The highest BCUT2D eigenvalue weighted by Crippen LogP contribution is 2.46. The third kappa shape index (κ3) is 3.16. The van der Waals surface area contributed by atoms with Gasteiger partial charge in [-0.2, -0.15) is 0 Å². The highest BCUT2D eigenvalue weighted by atomic mass is 35.5. The zero-order chi connectivity index (χ0) is 19.7. The lowest BCUT2D eigenvalue weighted by Crippen LogP contribution is -2.45. The quantitative estimate of drug-likeness (QED) is 0.669. The molecule has 0 unspecified atom stereocenters. The lowest BCUT2D eigenvalue weighted by molar-refractivity contribution is -0.143. The molecular weight excluding hydrogens is 374 g/mol. The number of rotatable bonds is 4. The van der Waals surface area contributed by atoms with Crippen LogP contribution in [0.4, 0.5) is 0 Å². The Kier molecular flexibility index (Phi) is 4.88. The van der Waals surface area contributed by atoms with E-state index in [1.54, 1.807) is 24.3 Å². The van der Waals surface area contributed by atoms with Crippen LogP contribution >= 0.6 is 11.6 Å². The maximum atomic E-state index is 12.8. The van der Waals surface area contributed by atoms with Crippen molar-refractivity contribution in [2.45, 2.75) is 12.0 Å². The molecule has 0 fully saturated rings. The molecule has 1 aliphatic rings. The van der Waals surface area contributed by atoms with E-state index in [1.807, 2.05) is 48.5 Å². The molecule has 0 aromatic heterocycles. The topological polar surface area (TPSA) is 55.4 Å². The van der Waals surface area contributed by atoms with E-state index in [4.69, 9.17) is 16.3 Å². The summed E-state index contributed by atoms with van der Waals surface area (Å²) in [5.41, 5.74) is 4.55. The van der Waals surface area contributed by atoms with Gasteiger partial charge in [-0.1, -0.05) is 60.1 Å². The van der Waals surface area contributed by atoms with E-state index >= 15 is 0 Å². The number of fused-ring (bicyclic) bond motifs is 3. The van der Waals surface area contributed by atoms with Crippen molar-refractivity contribution in [3.63, 3.8) is 0 Å². The summed E-state index contributed by atoms with van der Waals surface area (Å²) in [6, 6.07) is 21.5. The molecule has 4 nitrogen and oxygen atoms in total. The molecule has 0 heterocycles. The Bertz CT molecular complexity index is 1000. The minimum Gasteiger partial charge on any atom is -0.467 e. The summed E-state index contributed by atoms with van der Waals surface area (Å²) in [6.45, 7) is 0. The van der Waals surface area contributed by atoms with Gasteiger partial charge in [0.05, 0.1) is 7.11 Å². The molecule has 0 saturated carbocycles. The lowest BCUT2D eigenvalue weighted by atomic mass is 9.89. The number of nitrogens with one attached hydrogen (secondary N) is 1. The van der Waals surface area contributed by atoms with Gasteiger partial charge in [0.15, 0.2) is 0 Å². The van der Waals surface area contributed by atoms with E-state index in [9.17, 15) is 9.59 Å². The number of halogens is 1. The van der Waals surface area contributed by atoms with E-state index in [0.717, 1.165) is 22.3 Å². The van der Waals surface area contributed by atoms with Gasteiger partial charge in [0.2, 0.25) is 0 Å². The van der Waals surface area contributed by atoms with E-state index < -0.39 is 12.0 Å². The van der Waals surface area contributed by atoms with Gasteiger partial charge in [-0.25, -0.2) is 4.79 Å². The van der Waals surface area contributed by atoms with Gasteiger partial charge in [-0.05, 0) is 46.5 Å². The van der Waals surface area contributed by atoms with Crippen molar-refractivity contribution in [1.29, 1.82) is 0 Å². The Morgan fingerprint density at radius 1 is 0.893 bits per heavy atom. The van der Waals surface area contributed by atoms with Crippen molar-refractivity contribution in [1.82, 2.24) is 5.32 Å². The van der Waals surface area contributed by atoms with Gasteiger partial charge in [0.1, 0.15) is 6.04 Å². The fraction of sp³-hybridized carbons (Fsp3) is 0.130. The van der Waals surface area contributed by atoms with E-state index in [0.29, 0.717) is 10.6 Å². The van der Waals surface area contributed by atoms with Crippen molar-refractivity contribution < 1.29 is 14.3 Å². The first kappa shape index (κ1) is 18.3. The van der Waals surface area contributed by atoms with Crippen LogP contribution in [-0.2, 0) is 9.53 Å². The van der Waals surface area contributed by atoms with E-state index in [2.05, 4.69) is 5.32 Å². The molecule has 1 atom stereocenters. The van der Waals surface area contributed by atoms with Gasteiger partial charge >= 0.3 is 5.97 Å². The van der Waals surface area contributed by atoms with Crippen LogP contribution in [0.1, 0.15) is 27.4 Å². The molecule has 1 amide bonds. The number of benzene rings is 3. The summed E-state index contributed by atoms with van der Waals surface area (Å²) in [5, 5.41) is 3.41. The molecule has 3 aromatic carbocycles. The molecule has 3 aromatic rings. The third-order valence-corrected chi connectivity index (χ3v) is 5.32. The van der Waals surface area contributed by atoms with Crippen molar-refractivity contribution in [2.75, 3.05) is 7.11 Å². The smallest absolute Gasteiger partial charge is 0.329 e. The minimum atomic E-state index is -0.849. The van der Waals surface area contributed by atoms with Crippen LogP contribution in [0.3, 0.4) is 0 Å². The van der Waals surface area contributed by atoms with Gasteiger partial charge in [0, 0.05) is 16.5 Å². The molecule has 0 saturated heterocycles. The van der Waals surface area contributed by atoms with Crippen LogP contribution in [0.15, 0.2) is 72.8 Å². The average molecular weight is 392 g/mol. The number of hydrogen-bond donors (Lipinski definition) is 1. The first-order valence-corrected chi connectivity index (χ1v) is 9.30. The van der Waals surface area contributed by atoms with Gasteiger partial charge in [-0.15, -0.1) is 0 Å². The molecule has 28 heavy (non-hydrogen) atoms. The first-order valence-electron chi connectivity index (χ1n) is 8.92. The van der Waals surface area contributed by atoms with Crippen molar-refractivity contribution in [3.8, 4) is 11.1 Å². The van der Waals surface area contributed by atoms with Crippen LogP contribution in [0.5, 0.6) is 0 Å². The molecule has 0 spiro atoms. The fourth-order valence-corrected chi connectivity index (χ4v) is 3.91. The van der Waals surface area contributed by atoms with Crippen LogP contribution < -0.4 is 5.32 Å². The summed E-state index contributed by atoms with van der Waals surface area (Å²) < 4.78 is 5.04. The molecule has 0 radical (unpaired) electrons. The molecule has 5 heteroatoms. The second kappa shape index (κ2) is 7.49. The number of carbonyl (C=O) groups is 2. The lowest BCUT2D eigenvalue weighted by Gasteiger charge is -2.24. The largest absolute Gasteiger partial charge is 0.467 e. The molecule has 1 N–H and O–H groups in total. The Morgan fingerprint density at radius 2 is 1.43 bits per heavy atom. The highest BCUT2D eigenvalue weighted by molar-refractivity contribution is 6.30. The molecule has 0 bridgehead atoms. The maximum absolute atomic E-state index is 12.8. The minimum absolute atomic E-state index is 0.323. The molecule has 140 valence electrons. The second-order valence-corrected chi connectivity index (χ2v) is 7.07. The van der Waals surface area contributed by atoms with Gasteiger partial charge in [0.25, 0.3) is 5.91 Å². The maximum Gasteiger partial charge on any atom is 0.329 e. The Morgan fingerprint density at radius 3 is 1.96 bits per heavy atom. The fourth-order valence-electron chi connectivity index (χ4n) is 3.78. The van der Waals surface area contributed by atoms with Crippen LogP contribution in [-0.4, -0.2) is 25.0 Å². The van der Waals surface area contributed by atoms with Crippen LogP contribution in [0, 0.1) is 0 Å². The molecule has 0 aliphatic heterocycles. The molecule has 4 rings (SSSR count). The number of amides is 1. The standard InChI is InChI=1S/C23H18ClNO3/c1-28-23(27)21(25-22(26)14-10-12-15(24)13-11-14)20-18-8-4-2-6-16(18)17-7-3-5-9-19(17)20/h2-13,20-21H,1H3,(H,25,26)/t21-/m1/s1. The zero-order valence-corrected chi connectivity index (χ0v) is 15.9. The number of hydrogen-bond acceptors (Lipinski definition) is 3. The van der Waals surface area contributed by atoms with Crippen molar-refractivity contribution >= 4 is 23.5 Å². The number of esters is 1. The summed E-state index contributed by atoms with van der Waals surface area (Å²) in [7, 11) is 1.33. The van der Waals surface area contributed by atoms with Gasteiger partial charge < -0.3 is 10.1 Å². The monoisotopic (exact) mass is 391 g/mol. The molecular formula is C23H18ClNO3. The summed E-state index contributed by atoms with van der Waals surface area (Å²) in [4.78, 5) is 25.5. The van der Waals surface area contributed by atoms with Crippen LogP contribution in [0.25, 0.3) is 11.1 Å². The predicted molar refractivity (Wildman–Crippen MR) is 108 cm³/mol. The second-order valence-electron chi connectivity index (χ2n) is 6.63. The van der Waals surface area contributed by atoms with E-state index in [1.165, 1.54) is 7.11 Å². The SMILES string of the molecule is COC(=O)[C@H](NC(=O)c1ccc(Cl)cc1)C1c2ccccc2-c2ccccc21. The van der Waals surface area contributed by atoms with Crippen molar-refractivity contribution in [2.24, 2.45) is 0 Å². The first-order chi connectivity index (χ1) is 13.6. The Hall–Kier alpha value is -3.11. The third-order valence-electron chi connectivity index (χ3n) is 5.06. The highest BCUT2D eigenvalue weighted by Gasteiger charge is 2.39. The summed E-state index contributed by atoms with van der Waals surface area (Å²) in [6.07, 6.45) is 0.